The fourth-order valence-electron chi connectivity index (χ4n) is 2.74. The van der Waals surface area contributed by atoms with Gasteiger partial charge in [0, 0.05) is 25.4 Å². The second-order valence-electron chi connectivity index (χ2n) is 5.55. The SMILES string of the molecule is O=[N+]([O-])c1ccc(N2CCCC(n3ccc(C(F)(F)F)n3)C2)nc1. The number of nitrogens with zero attached hydrogens (tertiary/aromatic N) is 5. The van der Waals surface area contributed by atoms with Crippen molar-refractivity contribution >= 4 is 11.5 Å². The number of aromatic nitrogens is 3. The summed E-state index contributed by atoms with van der Waals surface area (Å²) >= 11 is 0. The smallest absolute Gasteiger partial charge is 0.354 e. The molecular formula is C14H14F3N5O2. The van der Waals surface area contributed by atoms with Crippen LogP contribution >= 0.6 is 0 Å². The van der Waals surface area contributed by atoms with Crippen LogP contribution in [0.25, 0.3) is 0 Å². The summed E-state index contributed by atoms with van der Waals surface area (Å²) in [6.07, 6.45) is -0.471. The molecular weight excluding hydrogens is 327 g/mol. The monoisotopic (exact) mass is 341 g/mol. The number of alkyl halides is 3. The molecule has 1 unspecified atom stereocenters. The van der Waals surface area contributed by atoms with E-state index in [1.165, 1.54) is 23.1 Å². The lowest BCUT2D eigenvalue weighted by molar-refractivity contribution is -0.385. The van der Waals surface area contributed by atoms with Gasteiger partial charge in [0.15, 0.2) is 5.69 Å². The summed E-state index contributed by atoms with van der Waals surface area (Å²) < 4.78 is 39.3. The van der Waals surface area contributed by atoms with Crippen molar-refractivity contribution in [2.45, 2.75) is 25.1 Å². The van der Waals surface area contributed by atoms with E-state index >= 15 is 0 Å². The lowest BCUT2D eigenvalue weighted by Crippen LogP contribution is -2.37. The van der Waals surface area contributed by atoms with E-state index in [9.17, 15) is 23.3 Å². The quantitative estimate of drug-likeness (QED) is 0.633. The van der Waals surface area contributed by atoms with Crippen molar-refractivity contribution in [1.82, 2.24) is 14.8 Å². The third-order valence-electron chi connectivity index (χ3n) is 3.94. The van der Waals surface area contributed by atoms with Crippen molar-refractivity contribution < 1.29 is 18.1 Å². The summed E-state index contributed by atoms with van der Waals surface area (Å²) in [5, 5.41) is 14.3. The Morgan fingerprint density at radius 1 is 1.29 bits per heavy atom. The molecule has 0 amide bonds. The molecule has 1 aliphatic rings. The van der Waals surface area contributed by atoms with Crippen LogP contribution in [0.2, 0.25) is 0 Å². The first-order chi connectivity index (χ1) is 11.3. The van der Waals surface area contributed by atoms with Gasteiger partial charge in [-0.15, -0.1) is 0 Å². The van der Waals surface area contributed by atoms with Crippen molar-refractivity contribution in [2.75, 3.05) is 18.0 Å². The zero-order chi connectivity index (χ0) is 17.3. The van der Waals surface area contributed by atoms with Gasteiger partial charge in [0.05, 0.1) is 11.0 Å². The summed E-state index contributed by atoms with van der Waals surface area (Å²) in [5.41, 5.74) is -1.01. The third kappa shape index (κ3) is 3.31. The molecule has 0 saturated carbocycles. The minimum Gasteiger partial charge on any atom is -0.354 e. The van der Waals surface area contributed by atoms with Crippen LogP contribution in [0, 0.1) is 10.1 Å². The Kier molecular flexibility index (Phi) is 4.12. The maximum atomic E-state index is 12.7. The number of halogens is 3. The van der Waals surface area contributed by atoms with Crippen LogP contribution in [0.4, 0.5) is 24.7 Å². The summed E-state index contributed by atoms with van der Waals surface area (Å²) in [6, 6.07) is 3.67. The van der Waals surface area contributed by atoms with E-state index in [0.29, 0.717) is 25.3 Å². The van der Waals surface area contributed by atoms with E-state index in [1.807, 2.05) is 4.90 Å². The first kappa shape index (κ1) is 16.2. The Hall–Kier alpha value is -2.65. The molecule has 128 valence electrons. The van der Waals surface area contributed by atoms with E-state index in [4.69, 9.17) is 0 Å². The highest BCUT2D eigenvalue weighted by Gasteiger charge is 2.34. The van der Waals surface area contributed by atoms with E-state index in [-0.39, 0.29) is 11.7 Å². The second kappa shape index (κ2) is 6.10. The molecule has 0 radical (unpaired) electrons. The van der Waals surface area contributed by atoms with Gasteiger partial charge in [0.25, 0.3) is 5.69 Å². The minimum atomic E-state index is -4.46. The highest BCUT2D eigenvalue weighted by Crippen LogP contribution is 2.30. The van der Waals surface area contributed by atoms with Crippen LogP contribution in [0.5, 0.6) is 0 Å². The molecule has 2 aromatic rings. The van der Waals surface area contributed by atoms with Gasteiger partial charge in [-0.05, 0) is 25.0 Å². The van der Waals surface area contributed by atoms with E-state index in [2.05, 4.69) is 10.1 Å². The van der Waals surface area contributed by atoms with Crippen LogP contribution in [-0.4, -0.2) is 32.8 Å². The number of pyridine rings is 1. The Bertz CT molecular complexity index is 729. The molecule has 1 saturated heterocycles. The number of piperidine rings is 1. The molecule has 0 bridgehead atoms. The van der Waals surface area contributed by atoms with Crippen molar-refractivity contribution in [1.29, 1.82) is 0 Å². The van der Waals surface area contributed by atoms with E-state index < -0.39 is 16.8 Å². The topological polar surface area (TPSA) is 77.1 Å². The standard InChI is InChI=1S/C14H14F3N5O2/c15-14(16,17)12-5-7-21(19-12)11-2-1-6-20(9-11)13-4-3-10(8-18-13)22(23)24/h3-5,7-8,11H,1-2,6,9H2. The Morgan fingerprint density at radius 3 is 2.67 bits per heavy atom. The van der Waals surface area contributed by atoms with Gasteiger partial charge in [-0.1, -0.05) is 0 Å². The Balaban J connectivity index is 1.74. The van der Waals surface area contributed by atoms with E-state index in [1.54, 1.807) is 6.07 Å². The number of nitro groups is 1. The number of rotatable bonds is 3. The third-order valence-corrected chi connectivity index (χ3v) is 3.94. The molecule has 1 aliphatic heterocycles. The molecule has 1 atom stereocenters. The Labute approximate surface area is 134 Å². The average Bonchev–Trinajstić information content (AvgIpc) is 3.05. The highest BCUT2D eigenvalue weighted by molar-refractivity contribution is 5.43. The Morgan fingerprint density at radius 2 is 2.08 bits per heavy atom. The number of hydrogen-bond acceptors (Lipinski definition) is 5. The van der Waals surface area contributed by atoms with Gasteiger partial charge in [0.2, 0.25) is 0 Å². The van der Waals surface area contributed by atoms with Crippen LogP contribution < -0.4 is 4.90 Å². The largest absolute Gasteiger partial charge is 0.435 e. The molecule has 24 heavy (non-hydrogen) atoms. The summed E-state index contributed by atoms with van der Waals surface area (Å²) in [7, 11) is 0. The van der Waals surface area contributed by atoms with Gasteiger partial charge in [-0.2, -0.15) is 18.3 Å². The van der Waals surface area contributed by atoms with Crippen LogP contribution in [-0.2, 0) is 6.18 Å². The van der Waals surface area contributed by atoms with Gasteiger partial charge in [-0.3, -0.25) is 14.8 Å². The minimum absolute atomic E-state index is 0.103. The molecule has 2 aromatic heterocycles. The molecule has 0 aliphatic carbocycles. The van der Waals surface area contributed by atoms with Gasteiger partial charge < -0.3 is 4.90 Å². The van der Waals surface area contributed by atoms with Crippen molar-refractivity contribution in [3.8, 4) is 0 Å². The maximum Gasteiger partial charge on any atom is 0.435 e. The summed E-state index contributed by atoms with van der Waals surface area (Å²) in [6.45, 7) is 1.14. The van der Waals surface area contributed by atoms with Crippen molar-refractivity contribution in [3.05, 3.63) is 46.4 Å². The second-order valence-corrected chi connectivity index (χ2v) is 5.55. The molecule has 7 nitrogen and oxygen atoms in total. The van der Waals surface area contributed by atoms with Crippen LogP contribution in [0.1, 0.15) is 24.6 Å². The van der Waals surface area contributed by atoms with E-state index in [0.717, 1.165) is 12.5 Å². The summed E-state index contributed by atoms with van der Waals surface area (Å²) in [4.78, 5) is 16.1. The van der Waals surface area contributed by atoms with Gasteiger partial charge >= 0.3 is 6.18 Å². The van der Waals surface area contributed by atoms with Crippen LogP contribution in [0.15, 0.2) is 30.6 Å². The first-order valence-corrected chi connectivity index (χ1v) is 7.32. The van der Waals surface area contributed by atoms with Gasteiger partial charge in [0.1, 0.15) is 12.0 Å². The number of hydrogen-bond donors (Lipinski definition) is 0. The molecule has 10 heteroatoms. The molecule has 0 aromatic carbocycles. The molecule has 0 N–H and O–H groups in total. The van der Waals surface area contributed by atoms with Crippen LogP contribution in [0.3, 0.4) is 0 Å². The van der Waals surface area contributed by atoms with Crippen molar-refractivity contribution in [3.63, 3.8) is 0 Å². The fraction of sp³-hybridized carbons (Fsp3) is 0.429. The highest BCUT2D eigenvalue weighted by atomic mass is 19.4. The zero-order valence-electron chi connectivity index (χ0n) is 12.5. The molecule has 0 spiro atoms. The number of anilines is 1. The predicted octanol–water partition coefficient (Wildman–Crippen LogP) is 3.05. The predicted molar refractivity (Wildman–Crippen MR) is 78.6 cm³/mol. The zero-order valence-corrected chi connectivity index (χ0v) is 12.5. The van der Waals surface area contributed by atoms with Crippen molar-refractivity contribution in [2.24, 2.45) is 0 Å². The molecule has 3 heterocycles. The molecule has 3 rings (SSSR count). The fourth-order valence-corrected chi connectivity index (χ4v) is 2.74. The summed E-state index contributed by atoms with van der Waals surface area (Å²) in [5.74, 6) is 0.563. The normalized spacial score (nSPS) is 18.6. The maximum absolute atomic E-state index is 12.7. The molecule has 1 fully saturated rings. The average molecular weight is 341 g/mol. The lowest BCUT2D eigenvalue weighted by Gasteiger charge is -2.33. The lowest BCUT2D eigenvalue weighted by atomic mass is 10.1. The first-order valence-electron chi connectivity index (χ1n) is 7.32. The van der Waals surface area contributed by atoms with Gasteiger partial charge in [-0.25, -0.2) is 4.98 Å².